The van der Waals surface area contributed by atoms with E-state index >= 15 is 0 Å². The van der Waals surface area contributed by atoms with E-state index in [1.807, 2.05) is 19.9 Å². The van der Waals surface area contributed by atoms with Crippen LogP contribution in [0.25, 0.3) is 0 Å². The molecule has 4 heteroatoms. The van der Waals surface area contributed by atoms with Crippen LogP contribution in [0.15, 0.2) is 11.6 Å². The highest BCUT2D eigenvalue weighted by Gasteiger charge is 2.65. The van der Waals surface area contributed by atoms with Crippen LogP contribution in [-0.4, -0.2) is 33.5 Å². The van der Waals surface area contributed by atoms with Crippen molar-refractivity contribution in [1.82, 2.24) is 0 Å². The second-order valence-electron chi connectivity index (χ2n) is 8.42. The van der Waals surface area contributed by atoms with E-state index in [4.69, 9.17) is 4.74 Å². The fourth-order valence-corrected chi connectivity index (χ4v) is 6.02. The Morgan fingerprint density at radius 2 is 1.78 bits per heavy atom. The molecule has 0 aromatic rings. The highest BCUT2D eigenvalue weighted by Crippen LogP contribution is 2.64. The van der Waals surface area contributed by atoms with Gasteiger partial charge in [-0.15, -0.1) is 0 Å². The average Bonchev–Trinajstić information content (AvgIpc) is 2.40. The number of aliphatic hydroxyl groups is 2. The van der Waals surface area contributed by atoms with Crippen LogP contribution >= 0.6 is 0 Å². The summed E-state index contributed by atoms with van der Waals surface area (Å²) in [5.74, 6) is 0.0923. The van der Waals surface area contributed by atoms with Crippen LogP contribution in [0, 0.1) is 11.3 Å². The molecule has 0 amide bonds. The van der Waals surface area contributed by atoms with Crippen molar-refractivity contribution in [3.63, 3.8) is 0 Å². The second-order valence-corrected chi connectivity index (χ2v) is 8.42. The lowest BCUT2D eigenvalue weighted by molar-refractivity contribution is -0.254. The minimum absolute atomic E-state index is 0.225. The van der Waals surface area contributed by atoms with Crippen molar-refractivity contribution in [2.24, 2.45) is 11.3 Å². The molecule has 4 saturated carbocycles. The summed E-state index contributed by atoms with van der Waals surface area (Å²) in [7, 11) is 0. The topological polar surface area (TPSA) is 66.8 Å². The van der Waals surface area contributed by atoms with Crippen molar-refractivity contribution in [1.29, 1.82) is 0 Å². The Kier molecular flexibility index (Phi) is 4.13. The molecule has 0 aromatic heterocycles. The Labute approximate surface area is 138 Å². The van der Waals surface area contributed by atoms with Crippen LogP contribution in [0.4, 0.5) is 0 Å². The molecular formula is C19H30O4. The summed E-state index contributed by atoms with van der Waals surface area (Å²) in [6.07, 6.45) is 7.52. The molecule has 0 aromatic carbocycles. The predicted octanol–water partition coefficient (Wildman–Crippen LogP) is 3.11. The van der Waals surface area contributed by atoms with Gasteiger partial charge in [-0.1, -0.05) is 19.9 Å². The molecule has 0 aliphatic heterocycles. The highest BCUT2D eigenvalue weighted by atomic mass is 16.5. The minimum Gasteiger partial charge on any atom is -0.458 e. The Morgan fingerprint density at radius 3 is 2.26 bits per heavy atom. The maximum atomic E-state index is 12.3. The summed E-state index contributed by atoms with van der Waals surface area (Å²) < 4.78 is 5.86. The molecule has 3 atom stereocenters. The van der Waals surface area contributed by atoms with Crippen molar-refractivity contribution in [2.75, 3.05) is 0 Å². The van der Waals surface area contributed by atoms with Crippen molar-refractivity contribution >= 4 is 5.97 Å². The van der Waals surface area contributed by atoms with E-state index in [0.717, 1.165) is 32.1 Å². The van der Waals surface area contributed by atoms with Crippen LogP contribution in [0.1, 0.15) is 72.1 Å². The number of ether oxygens (including phenoxy) is 1. The molecule has 4 aliphatic carbocycles. The van der Waals surface area contributed by atoms with Gasteiger partial charge in [-0.25, -0.2) is 4.79 Å². The lowest BCUT2D eigenvalue weighted by Crippen LogP contribution is -2.66. The molecule has 2 N–H and O–H groups in total. The zero-order chi connectivity index (χ0) is 16.9. The number of carbonyl (C=O) groups excluding carboxylic acids is 1. The maximum absolute atomic E-state index is 12.3. The highest BCUT2D eigenvalue weighted by molar-refractivity contribution is 5.87. The molecule has 4 rings (SSSR count). The normalized spacial score (nSPS) is 43.5. The molecular weight excluding hydrogens is 292 g/mol. The molecule has 0 saturated heterocycles. The van der Waals surface area contributed by atoms with E-state index in [1.165, 1.54) is 0 Å². The Balaban J connectivity index is 1.83. The van der Waals surface area contributed by atoms with Crippen molar-refractivity contribution in [3.05, 3.63) is 11.6 Å². The zero-order valence-corrected chi connectivity index (χ0v) is 14.6. The quantitative estimate of drug-likeness (QED) is 0.603. The SMILES string of the molecule is CC/C=C(\C)C(=O)OC(CC)C12CC3CC(O)(CC(O)(C3)C1)C2. The van der Waals surface area contributed by atoms with Gasteiger partial charge in [0.1, 0.15) is 6.10 Å². The Bertz CT molecular complexity index is 505. The number of carbonyl (C=O) groups is 1. The summed E-state index contributed by atoms with van der Waals surface area (Å²) in [6.45, 7) is 5.82. The first-order chi connectivity index (χ1) is 10.7. The largest absolute Gasteiger partial charge is 0.458 e. The van der Waals surface area contributed by atoms with Gasteiger partial charge >= 0.3 is 5.97 Å². The maximum Gasteiger partial charge on any atom is 0.333 e. The van der Waals surface area contributed by atoms with Gasteiger partial charge in [0.15, 0.2) is 0 Å². The van der Waals surface area contributed by atoms with Crippen LogP contribution in [0.2, 0.25) is 0 Å². The molecule has 4 bridgehead atoms. The first-order valence-electron chi connectivity index (χ1n) is 9.06. The van der Waals surface area contributed by atoms with Gasteiger partial charge in [0.05, 0.1) is 11.2 Å². The first kappa shape index (κ1) is 17.0. The third-order valence-electron chi connectivity index (χ3n) is 6.19. The van der Waals surface area contributed by atoms with Gasteiger partial charge in [-0.05, 0) is 57.8 Å². The molecule has 3 unspecified atom stereocenters. The third kappa shape index (κ3) is 2.96. The second kappa shape index (κ2) is 5.59. The van der Waals surface area contributed by atoms with E-state index in [1.54, 1.807) is 6.92 Å². The summed E-state index contributed by atoms with van der Waals surface area (Å²) in [5, 5.41) is 21.8. The molecule has 4 fully saturated rings. The summed E-state index contributed by atoms with van der Waals surface area (Å²) in [4.78, 5) is 12.3. The van der Waals surface area contributed by atoms with Gasteiger partial charge < -0.3 is 14.9 Å². The zero-order valence-electron chi connectivity index (χ0n) is 14.6. The molecule has 130 valence electrons. The minimum atomic E-state index is -0.775. The summed E-state index contributed by atoms with van der Waals surface area (Å²) >= 11 is 0. The van der Waals surface area contributed by atoms with Crippen molar-refractivity contribution in [2.45, 2.75) is 89.4 Å². The first-order valence-corrected chi connectivity index (χ1v) is 9.06. The van der Waals surface area contributed by atoms with E-state index in [0.29, 0.717) is 30.8 Å². The summed E-state index contributed by atoms with van der Waals surface area (Å²) in [5.41, 5.74) is -1.17. The molecule has 0 spiro atoms. The van der Waals surface area contributed by atoms with Gasteiger partial charge in [-0.3, -0.25) is 0 Å². The van der Waals surface area contributed by atoms with Crippen LogP contribution < -0.4 is 0 Å². The van der Waals surface area contributed by atoms with Crippen molar-refractivity contribution < 1.29 is 19.7 Å². The summed E-state index contributed by atoms with van der Waals surface area (Å²) in [6, 6.07) is 0. The number of allylic oxidation sites excluding steroid dienone is 1. The standard InChI is InChI=1S/C19H30O4/c1-4-6-13(3)16(20)23-15(5-2)17-7-14-8-18(21,10-17)12-19(22,9-14)11-17/h6,14-15,21-22H,4-5,7-12H2,1-3H3/b13-6+. The predicted molar refractivity (Wildman–Crippen MR) is 87.7 cm³/mol. The Morgan fingerprint density at radius 1 is 1.17 bits per heavy atom. The van der Waals surface area contributed by atoms with Crippen LogP contribution in [0.3, 0.4) is 0 Å². The van der Waals surface area contributed by atoms with Crippen LogP contribution in [0.5, 0.6) is 0 Å². The fourth-order valence-electron chi connectivity index (χ4n) is 6.02. The molecule has 0 heterocycles. The smallest absolute Gasteiger partial charge is 0.333 e. The Hall–Kier alpha value is -0.870. The molecule has 23 heavy (non-hydrogen) atoms. The lowest BCUT2D eigenvalue weighted by Gasteiger charge is -2.64. The van der Waals surface area contributed by atoms with Gasteiger partial charge in [0.25, 0.3) is 0 Å². The van der Waals surface area contributed by atoms with E-state index in [9.17, 15) is 15.0 Å². The van der Waals surface area contributed by atoms with E-state index < -0.39 is 11.2 Å². The molecule has 0 radical (unpaired) electrons. The average molecular weight is 322 g/mol. The fraction of sp³-hybridized carbons (Fsp3) is 0.842. The number of esters is 1. The van der Waals surface area contributed by atoms with Gasteiger partial charge in [0.2, 0.25) is 0 Å². The number of hydrogen-bond acceptors (Lipinski definition) is 4. The monoisotopic (exact) mass is 322 g/mol. The molecule has 4 aliphatic rings. The molecule has 4 nitrogen and oxygen atoms in total. The van der Waals surface area contributed by atoms with Crippen molar-refractivity contribution in [3.8, 4) is 0 Å². The number of hydrogen-bond donors (Lipinski definition) is 2. The van der Waals surface area contributed by atoms with E-state index in [2.05, 4.69) is 0 Å². The third-order valence-corrected chi connectivity index (χ3v) is 6.19. The number of rotatable bonds is 5. The van der Waals surface area contributed by atoms with Gasteiger partial charge in [-0.2, -0.15) is 0 Å². The van der Waals surface area contributed by atoms with E-state index in [-0.39, 0.29) is 17.5 Å². The van der Waals surface area contributed by atoms with Crippen LogP contribution in [-0.2, 0) is 9.53 Å². The van der Waals surface area contributed by atoms with Gasteiger partial charge in [0, 0.05) is 17.4 Å². The lowest BCUT2D eigenvalue weighted by atomic mass is 9.45.